The van der Waals surface area contributed by atoms with Crippen molar-refractivity contribution < 1.29 is 8.78 Å². The van der Waals surface area contributed by atoms with Crippen LogP contribution in [0.25, 0.3) is 0 Å². The molecular weight excluding hydrogens is 222 g/mol. The number of nitrogens with one attached hydrogen (secondary N) is 1. The third-order valence-corrected chi connectivity index (χ3v) is 3.06. The maximum atomic E-state index is 13.5. The van der Waals surface area contributed by atoms with Gasteiger partial charge in [-0.05, 0) is 19.9 Å². The lowest BCUT2D eigenvalue weighted by atomic mass is 10.0. The van der Waals surface area contributed by atoms with Gasteiger partial charge in [0.1, 0.15) is 11.6 Å². The van der Waals surface area contributed by atoms with Crippen molar-refractivity contribution >= 4 is 0 Å². The zero-order chi connectivity index (χ0) is 12.5. The van der Waals surface area contributed by atoms with Gasteiger partial charge in [0.25, 0.3) is 0 Å². The Kier molecular flexibility index (Phi) is 3.45. The lowest BCUT2D eigenvalue weighted by Gasteiger charge is -2.39. The lowest BCUT2D eigenvalue weighted by Crippen LogP contribution is -2.56. The second-order valence-corrected chi connectivity index (χ2v) is 5.26. The van der Waals surface area contributed by atoms with Crippen LogP contribution < -0.4 is 5.32 Å². The predicted molar refractivity (Wildman–Crippen MR) is 63.7 cm³/mol. The fraction of sp³-hybridized carbons (Fsp3) is 0.538. The number of rotatable bonds is 2. The molecule has 1 fully saturated rings. The molecule has 0 aliphatic carbocycles. The number of nitrogens with zero attached hydrogens (tertiary/aromatic N) is 1. The molecule has 0 radical (unpaired) electrons. The number of piperazine rings is 1. The smallest absolute Gasteiger partial charge is 0.130 e. The van der Waals surface area contributed by atoms with E-state index in [9.17, 15) is 8.78 Å². The van der Waals surface area contributed by atoms with E-state index in [0.29, 0.717) is 12.1 Å². The highest BCUT2D eigenvalue weighted by Gasteiger charge is 2.25. The molecule has 1 saturated heterocycles. The van der Waals surface area contributed by atoms with Gasteiger partial charge >= 0.3 is 0 Å². The molecule has 2 rings (SSSR count). The van der Waals surface area contributed by atoms with Crippen molar-refractivity contribution in [2.24, 2.45) is 0 Å². The van der Waals surface area contributed by atoms with Gasteiger partial charge in [0.05, 0.1) is 0 Å². The van der Waals surface area contributed by atoms with Gasteiger partial charge in [0.2, 0.25) is 0 Å². The number of hydrogen-bond donors (Lipinski definition) is 1. The first kappa shape index (κ1) is 12.5. The van der Waals surface area contributed by atoms with Gasteiger partial charge in [-0.25, -0.2) is 8.78 Å². The summed E-state index contributed by atoms with van der Waals surface area (Å²) >= 11 is 0. The van der Waals surface area contributed by atoms with E-state index in [-0.39, 0.29) is 5.54 Å². The zero-order valence-electron chi connectivity index (χ0n) is 10.3. The highest BCUT2D eigenvalue weighted by Crippen LogP contribution is 2.16. The van der Waals surface area contributed by atoms with E-state index in [2.05, 4.69) is 24.1 Å². The Morgan fingerprint density at radius 2 is 2.12 bits per heavy atom. The van der Waals surface area contributed by atoms with Crippen LogP contribution in [0.15, 0.2) is 18.2 Å². The van der Waals surface area contributed by atoms with Crippen LogP contribution in [0.4, 0.5) is 8.78 Å². The fourth-order valence-corrected chi connectivity index (χ4v) is 2.27. The monoisotopic (exact) mass is 240 g/mol. The molecule has 0 unspecified atom stereocenters. The molecule has 1 aromatic carbocycles. The summed E-state index contributed by atoms with van der Waals surface area (Å²) in [5.74, 6) is -0.978. The van der Waals surface area contributed by atoms with Crippen molar-refractivity contribution in [3.05, 3.63) is 35.4 Å². The second-order valence-electron chi connectivity index (χ2n) is 5.26. The molecule has 4 heteroatoms. The van der Waals surface area contributed by atoms with Gasteiger partial charge < -0.3 is 5.32 Å². The van der Waals surface area contributed by atoms with Crippen LogP contribution in [-0.4, -0.2) is 30.1 Å². The molecule has 1 aliphatic rings. The van der Waals surface area contributed by atoms with Crippen LogP contribution in [0, 0.1) is 11.6 Å². The molecule has 1 aromatic rings. The molecule has 1 aliphatic heterocycles. The number of benzene rings is 1. The van der Waals surface area contributed by atoms with Crippen molar-refractivity contribution in [2.75, 3.05) is 19.6 Å². The van der Waals surface area contributed by atoms with Crippen LogP contribution in [0.2, 0.25) is 0 Å². The molecule has 1 N–H and O–H groups in total. The Morgan fingerprint density at radius 1 is 1.35 bits per heavy atom. The zero-order valence-corrected chi connectivity index (χ0v) is 10.3. The van der Waals surface area contributed by atoms with Crippen molar-refractivity contribution in [2.45, 2.75) is 25.9 Å². The average molecular weight is 240 g/mol. The summed E-state index contributed by atoms with van der Waals surface area (Å²) in [6, 6.07) is 3.79. The topological polar surface area (TPSA) is 15.3 Å². The summed E-state index contributed by atoms with van der Waals surface area (Å²) in [6.07, 6.45) is 0. The molecule has 17 heavy (non-hydrogen) atoms. The van der Waals surface area contributed by atoms with Gasteiger partial charge in [0, 0.05) is 43.3 Å². The Balaban J connectivity index is 2.05. The summed E-state index contributed by atoms with van der Waals surface area (Å²) in [4.78, 5) is 2.19. The molecule has 0 bridgehead atoms. The average Bonchev–Trinajstić information content (AvgIpc) is 2.21. The van der Waals surface area contributed by atoms with Gasteiger partial charge in [-0.3, -0.25) is 4.90 Å². The molecular formula is C13H18F2N2. The standard InChI is InChI=1S/C13H18F2N2/c1-13(2)9-17(6-5-16-13)8-10-3-4-11(14)7-12(10)15/h3-4,7,16H,5-6,8-9H2,1-2H3. The van der Waals surface area contributed by atoms with Crippen LogP contribution >= 0.6 is 0 Å². The quantitative estimate of drug-likeness (QED) is 0.852. The van der Waals surface area contributed by atoms with Gasteiger partial charge in [-0.2, -0.15) is 0 Å². The first-order valence-corrected chi connectivity index (χ1v) is 5.88. The summed E-state index contributed by atoms with van der Waals surface area (Å²) in [7, 11) is 0. The molecule has 1 heterocycles. The number of halogens is 2. The van der Waals surface area contributed by atoms with E-state index in [1.54, 1.807) is 0 Å². The van der Waals surface area contributed by atoms with Gasteiger partial charge in [-0.1, -0.05) is 6.07 Å². The maximum absolute atomic E-state index is 13.5. The molecule has 2 nitrogen and oxygen atoms in total. The second kappa shape index (κ2) is 4.70. The Bertz CT molecular complexity index is 404. The Labute approximate surface area is 101 Å². The van der Waals surface area contributed by atoms with Crippen LogP contribution in [0.5, 0.6) is 0 Å². The summed E-state index contributed by atoms with van der Waals surface area (Å²) in [5.41, 5.74) is 0.610. The first-order valence-electron chi connectivity index (χ1n) is 5.88. The van der Waals surface area contributed by atoms with Crippen molar-refractivity contribution in [3.8, 4) is 0 Å². The Morgan fingerprint density at radius 3 is 2.76 bits per heavy atom. The minimum absolute atomic E-state index is 0.0504. The van der Waals surface area contributed by atoms with Crippen molar-refractivity contribution in [1.82, 2.24) is 10.2 Å². The maximum Gasteiger partial charge on any atom is 0.130 e. The highest BCUT2D eigenvalue weighted by molar-refractivity contribution is 5.18. The molecule has 0 spiro atoms. The van der Waals surface area contributed by atoms with E-state index in [0.717, 1.165) is 25.7 Å². The summed E-state index contributed by atoms with van der Waals surface area (Å²) in [5, 5.41) is 3.40. The van der Waals surface area contributed by atoms with E-state index in [1.807, 2.05) is 0 Å². The molecule has 0 atom stereocenters. The molecule has 0 saturated carbocycles. The van der Waals surface area contributed by atoms with Crippen LogP contribution in [0.3, 0.4) is 0 Å². The van der Waals surface area contributed by atoms with E-state index in [1.165, 1.54) is 12.1 Å². The summed E-state index contributed by atoms with van der Waals surface area (Å²) in [6.45, 7) is 7.44. The van der Waals surface area contributed by atoms with E-state index < -0.39 is 11.6 Å². The number of hydrogen-bond acceptors (Lipinski definition) is 2. The first-order chi connectivity index (χ1) is 7.96. The van der Waals surface area contributed by atoms with Gasteiger partial charge in [-0.15, -0.1) is 0 Å². The normalized spacial score (nSPS) is 20.5. The predicted octanol–water partition coefficient (Wildman–Crippen LogP) is 2.15. The largest absolute Gasteiger partial charge is 0.309 e. The lowest BCUT2D eigenvalue weighted by molar-refractivity contribution is 0.147. The van der Waals surface area contributed by atoms with Crippen molar-refractivity contribution in [1.29, 1.82) is 0 Å². The molecule has 94 valence electrons. The molecule has 0 amide bonds. The fourth-order valence-electron chi connectivity index (χ4n) is 2.27. The molecule has 0 aromatic heterocycles. The highest BCUT2D eigenvalue weighted by atomic mass is 19.1. The minimum Gasteiger partial charge on any atom is -0.309 e. The van der Waals surface area contributed by atoms with Crippen molar-refractivity contribution in [3.63, 3.8) is 0 Å². The summed E-state index contributed by atoms with van der Waals surface area (Å²) < 4.78 is 26.3. The van der Waals surface area contributed by atoms with E-state index >= 15 is 0 Å². The third-order valence-electron chi connectivity index (χ3n) is 3.06. The SMILES string of the molecule is CC1(C)CN(Cc2ccc(F)cc2F)CCN1. The van der Waals surface area contributed by atoms with Crippen LogP contribution in [-0.2, 0) is 6.54 Å². The Hall–Kier alpha value is -1.00. The van der Waals surface area contributed by atoms with Crippen LogP contribution in [0.1, 0.15) is 19.4 Å². The van der Waals surface area contributed by atoms with Gasteiger partial charge in [0.15, 0.2) is 0 Å². The third kappa shape index (κ3) is 3.23. The minimum atomic E-state index is -0.521. The van der Waals surface area contributed by atoms with E-state index in [4.69, 9.17) is 0 Å².